The van der Waals surface area contributed by atoms with Gasteiger partial charge in [-0.3, -0.25) is 9.59 Å². The van der Waals surface area contributed by atoms with Gasteiger partial charge < -0.3 is 10.1 Å². The van der Waals surface area contributed by atoms with Crippen LogP contribution in [0.3, 0.4) is 0 Å². The van der Waals surface area contributed by atoms with E-state index in [-0.39, 0.29) is 35.1 Å². The van der Waals surface area contributed by atoms with Gasteiger partial charge in [0.15, 0.2) is 0 Å². The Morgan fingerprint density at radius 2 is 2.28 bits per heavy atom. The molecule has 0 aliphatic carbocycles. The number of nitrogens with zero attached hydrogens (tertiary/aromatic N) is 1. The van der Waals surface area contributed by atoms with Gasteiger partial charge in [0.25, 0.3) is 5.91 Å². The molecule has 1 atom stereocenters. The summed E-state index contributed by atoms with van der Waals surface area (Å²) >= 11 is 9.03. The monoisotopic (exact) mass is 334 g/mol. The van der Waals surface area contributed by atoms with Gasteiger partial charge in [-0.2, -0.15) is 0 Å². The molecular formula is C11H12BrClN2O3. The molecule has 0 spiro atoms. The van der Waals surface area contributed by atoms with Gasteiger partial charge in [0.05, 0.1) is 19.1 Å². The first-order valence-electron chi connectivity index (χ1n) is 5.12. The second-order valence-electron chi connectivity index (χ2n) is 3.65. The molecule has 0 saturated carbocycles. The average molecular weight is 336 g/mol. The van der Waals surface area contributed by atoms with Crippen molar-refractivity contribution in [3.8, 4) is 0 Å². The number of aromatic nitrogens is 1. The van der Waals surface area contributed by atoms with Crippen molar-refractivity contribution < 1.29 is 14.3 Å². The van der Waals surface area contributed by atoms with E-state index in [0.717, 1.165) is 0 Å². The van der Waals surface area contributed by atoms with E-state index in [4.69, 9.17) is 11.6 Å². The van der Waals surface area contributed by atoms with Crippen LogP contribution in [0.25, 0.3) is 0 Å². The van der Waals surface area contributed by atoms with Crippen molar-refractivity contribution in [1.29, 1.82) is 0 Å². The first-order chi connectivity index (χ1) is 8.43. The summed E-state index contributed by atoms with van der Waals surface area (Å²) in [6.07, 6.45) is 1.60. The number of amides is 1. The number of pyridine rings is 1. The van der Waals surface area contributed by atoms with Crippen LogP contribution in [0.2, 0.25) is 5.15 Å². The predicted molar refractivity (Wildman–Crippen MR) is 70.5 cm³/mol. The van der Waals surface area contributed by atoms with Crippen molar-refractivity contribution in [1.82, 2.24) is 10.3 Å². The number of esters is 1. The van der Waals surface area contributed by atoms with Crippen LogP contribution in [0.1, 0.15) is 23.7 Å². The van der Waals surface area contributed by atoms with Gasteiger partial charge in [0.2, 0.25) is 0 Å². The summed E-state index contributed by atoms with van der Waals surface area (Å²) in [5.74, 6) is -0.772. The van der Waals surface area contributed by atoms with Crippen LogP contribution < -0.4 is 5.32 Å². The Hall–Kier alpha value is -1.14. The van der Waals surface area contributed by atoms with Crippen molar-refractivity contribution in [2.75, 3.05) is 7.11 Å². The summed E-state index contributed by atoms with van der Waals surface area (Å²) in [5, 5.41) is 2.76. The third kappa shape index (κ3) is 4.27. The molecule has 1 aromatic rings. The van der Waals surface area contributed by atoms with Crippen molar-refractivity contribution >= 4 is 39.4 Å². The van der Waals surface area contributed by atoms with Gasteiger partial charge in [-0.15, -0.1) is 0 Å². The molecule has 5 nitrogen and oxygen atoms in total. The maximum absolute atomic E-state index is 11.9. The molecule has 0 bridgehead atoms. The molecular weight excluding hydrogens is 323 g/mol. The highest BCUT2D eigenvalue weighted by Gasteiger charge is 2.16. The number of carbonyl (C=O) groups is 2. The molecule has 0 aliphatic heterocycles. The smallest absolute Gasteiger partial charge is 0.307 e. The van der Waals surface area contributed by atoms with Gasteiger partial charge in [0.1, 0.15) is 5.15 Å². The highest BCUT2D eigenvalue weighted by Crippen LogP contribution is 2.18. The molecule has 18 heavy (non-hydrogen) atoms. The lowest BCUT2D eigenvalue weighted by Crippen LogP contribution is -2.34. The highest BCUT2D eigenvalue weighted by atomic mass is 79.9. The van der Waals surface area contributed by atoms with Crippen LogP contribution in [0, 0.1) is 0 Å². The van der Waals surface area contributed by atoms with Crippen molar-refractivity contribution in [3.05, 3.63) is 27.5 Å². The molecule has 0 aliphatic rings. The molecule has 98 valence electrons. The van der Waals surface area contributed by atoms with Crippen molar-refractivity contribution in [2.24, 2.45) is 0 Å². The van der Waals surface area contributed by atoms with E-state index in [1.165, 1.54) is 13.3 Å². The van der Waals surface area contributed by atoms with E-state index in [9.17, 15) is 9.59 Å². The summed E-state index contributed by atoms with van der Waals surface area (Å²) in [6.45, 7) is 1.70. The van der Waals surface area contributed by atoms with E-state index in [1.807, 2.05) is 0 Å². The van der Waals surface area contributed by atoms with Gasteiger partial charge >= 0.3 is 5.97 Å². The standard InChI is InChI=1S/C11H12BrClN2O3/c1-6(3-9(16)18-2)15-11(17)8-4-7(12)5-14-10(8)13/h4-6H,3H2,1-2H3,(H,15,17). The van der Waals surface area contributed by atoms with Crippen LogP contribution >= 0.6 is 27.5 Å². The second kappa shape index (κ2) is 6.70. The minimum atomic E-state index is -0.388. The summed E-state index contributed by atoms with van der Waals surface area (Å²) in [7, 11) is 1.30. The third-order valence-electron chi connectivity index (χ3n) is 2.13. The molecule has 0 saturated heterocycles. The first kappa shape index (κ1) is 14.9. The fourth-order valence-electron chi connectivity index (χ4n) is 1.27. The summed E-state index contributed by atoms with van der Waals surface area (Å²) in [4.78, 5) is 26.8. The van der Waals surface area contributed by atoms with E-state index < -0.39 is 0 Å². The lowest BCUT2D eigenvalue weighted by Gasteiger charge is -2.13. The van der Waals surface area contributed by atoms with E-state index in [1.54, 1.807) is 13.0 Å². The van der Waals surface area contributed by atoms with Gasteiger partial charge in [-0.05, 0) is 28.9 Å². The number of methoxy groups -OCH3 is 1. The molecule has 0 fully saturated rings. The largest absolute Gasteiger partial charge is 0.469 e. The van der Waals surface area contributed by atoms with Crippen LogP contribution in [-0.4, -0.2) is 30.0 Å². The highest BCUT2D eigenvalue weighted by molar-refractivity contribution is 9.10. The van der Waals surface area contributed by atoms with E-state index in [0.29, 0.717) is 4.47 Å². The zero-order valence-electron chi connectivity index (χ0n) is 9.87. The summed E-state index contributed by atoms with van der Waals surface area (Å²) in [5.41, 5.74) is 0.253. The Bertz CT molecular complexity index is 468. The molecule has 1 aromatic heterocycles. The Balaban J connectivity index is 2.70. The number of rotatable bonds is 4. The maximum atomic E-state index is 11.9. The van der Waals surface area contributed by atoms with E-state index >= 15 is 0 Å². The normalized spacial score (nSPS) is 11.8. The van der Waals surface area contributed by atoms with Crippen LogP contribution in [0.4, 0.5) is 0 Å². The number of nitrogens with one attached hydrogen (secondary N) is 1. The van der Waals surface area contributed by atoms with Crippen LogP contribution in [0.15, 0.2) is 16.7 Å². The molecule has 1 N–H and O–H groups in total. The minimum absolute atomic E-state index is 0.0985. The Kier molecular flexibility index (Phi) is 5.55. The van der Waals surface area contributed by atoms with Gasteiger partial charge in [-0.1, -0.05) is 11.6 Å². The minimum Gasteiger partial charge on any atom is -0.469 e. The molecule has 1 rings (SSSR count). The lowest BCUT2D eigenvalue weighted by molar-refractivity contribution is -0.141. The summed E-state index contributed by atoms with van der Waals surface area (Å²) < 4.78 is 5.17. The second-order valence-corrected chi connectivity index (χ2v) is 4.92. The average Bonchev–Trinajstić information content (AvgIpc) is 2.31. The fraction of sp³-hybridized carbons (Fsp3) is 0.364. The number of hydrogen-bond acceptors (Lipinski definition) is 4. The van der Waals surface area contributed by atoms with Gasteiger partial charge in [-0.25, -0.2) is 4.98 Å². The van der Waals surface area contributed by atoms with E-state index in [2.05, 4.69) is 31.0 Å². The Morgan fingerprint density at radius 1 is 1.61 bits per heavy atom. The number of carbonyl (C=O) groups excluding carboxylic acids is 2. The Labute approximate surface area is 118 Å². The molecule has 0 radical (unpaired) electrons. The first-order valence-corrected chi connectivity index (χ1v) is 6.30. The summed E-state index contributed by atoms with van der Waals surface area (Å²) in [6, 6.07) is 1.22. The molecule has 0 aromatic carbocycles. The zero-order chi connectivity index (χ0) is 13.7. The fourth-order valence-corrected chi connectivity index (χ4v) is 1.79. The third-order valence-corrected chi connectivity index (χ3v) is 2.86. The number of halogens is 2. The van der Waals surface area contributed by atoms with Crippen LogP contribution in [0.5, 0.6) is 0 Å². The SMILES string of the molecule is COC(=O)CC(C)NC(=O)c1cc(Br)cnc1Cl. The molecule has 1 amide bonds. The zero-order valence-corrected chi connectivity index (χ0v) is 12.2. The maximum Gasteiger partial charge on any atom is 0.307 e. The molecule has 7 heteroatoms. The van der Waals surface area contributed by atoms with Crippen molar-refractivity contribution in [3.63, 3.8) is 0 Å². The number of hydrogen-bond donors (Lipinski definition) is 1. The topological polar surface area (TPSA) is 68.3 Å². The quantitative estimate of drug-likeness (QED) is 0.676. The lowest BCUT2D eigenvalue weighted by atomic mass is 10.2. The predicted octanol–water partition coefficient (Wildman–Crippen LogP) is 2.18. The number of ether oxygens (including phenoxy) is 1. The van der Waals surface area contributed by atoms with Gasteiger partial charge in [0, 0.05) is 16.7 Å². The van der Waals surface area contributed by atoms with Crippen LogP contribution in [-0.2, 0) is 9.53 Å². The molecule has 1 heterocycles. The molecule has 1 unspecified atom stereocenters. The Morgan fingerprint density at radius 3 is 2.89 bits per heavy atom. The van der Waals surface area contributed by atoms with Crippen molar-refractivity contribution in [2.45, 2.75) is 19.4 Å².